The van der Waals surface area contributed by atoms with Crippen LogP contribution in [0.4, 0.5) is 0 Å². The lowest BCUT2D eigenvalue weighted by Gasteiger charge is -2.11. The molecule has 2 aromatic rings. The van der Waals surface area contributed by atoms with Gasteiger partial charge in [-0.2, -0.15) is 0 Å². The van der Waals surface area contributed by atoms with E-state index in [1.165, 1.54) is 5.56 Å². The Balaban J connectivity index is 2.25. The molecule has 0 amide bonds. The molecule has 0 bridgehead atoms. The first-order valence-electron chi connectivity index (χ1n) is 6.31. The zero-order valence-electron chi connectivity index (χ0n) is 11.3. The minimum absolute atomic E-state index is 0.0298. The number of nitrogens with two attached hydrogens (primary N) is 1. The Morgan fingerprint density at radius 1 is 1.44 bits per heavy atom. The molecule has 2 N–H and O–H groups in total. The smallest absolute Gasteiger partial charge is 0.126 e. The quantitative estimate of drug-likeness (QED) is 0.825. The van der Waals surface area contributed by atoms with Crippen LogP contribution < -0.4 is 5.73 Å². The standard InChI is InChI=1S/C14H21N3O/c1-10-6-7-13-12(9-10)16-14(17(13)2)11(15)5-4-8-18-3/h6-7,9,11H,4-5,8,15H2,1-3H3. The van der Waals surface area contributed by atoms with E-state index in [-0.39, 0.29) is 6.04 Å². The van der Waals surface area contributed by atoms with Gasteiger partial charge in [-0.15, -0.1) is 0 Å². The summed E-state index contributed by atoms with van der Waals surface area (Å²) >= 11 is 0. The molecule has 0 spiro atoms. The van der Waals surface area contributed by atoms with E-state index < -0.39 is 0 Å². The Morgan fingerprint density at radius 3 is 2.94 bits per heavy atom. The summed E-state index contributed by atoms with van der Waals surface area (Å²) in [7, 11) is 3.74. The van der Waals surface area contributed by atoms with Crippen molar-refractivity contribution in [2.75, 3.05) is 13.7 Å². The SMILES string of the molecule is COCCCC(N)c1nc2cc(C)ccc2n1C. The second kappa shape index (κ2) is 5.50. The van der Waals surface area contributed by atoms with Gasteiger partial charge >= 0.3 is 0 Å². The van der Waals surface area contributed by atoms with E-state index in [4.69, 9.17) is 10.5 Å². The number of hydrogen-bond acceptors (Lipinski definition) is 3. The molecular formula is C14H21N3O. The third-order valence-electron chi connectivity index (χ3n) is 3.27. The summed E-state index contributed by atoms with van der Waals surface area (Å²) in [5.41, 5.74) is 9.58. The van der Waals surface area contributed by atoms with Gasteiger partial charge in [0.25, 0.3) is 0 Å². The summed E-state index contributed by atoms with van der Waals surface area (Å²) in [4.78, 5) is 4.65. The zero-order chi connectivity index (χ0) is 13.1. The Kier molecular flexibility index (Phi) is 3.99. The lowest BCUT2D eigenvalue weighted by Crippen LogP contribution is -2.15. The maximum absolute atomic E-state index is 6.20. The summed E-state index contributed by atoms with van der Waals surface area (Å²) in [6.45, 7) is 2.82. The number of hydrogen-bond donors (Lipinski definition) is 1. The number of fused-ring (bicyclic) bond motifs is 1. The highest BCUT2D eigenvalue weighted by atomic mass is 16.5. The van der Waals surface area contributed by atoms with Crippen LogP contribution in [-0.2, 0) is 11.8 Å². The van der Waals surface area contributed by atoms with Crippen LogP contribution in [0.5, 0.6) is 0 Å². The van der Waals surface area contributed by atoms with Gasteiger partial charge in [-0.25, -0.2) is 4.98 Å². The van der Waals surface area contributed by atoms with Crippen molar-refractivity contribution >= 4 is 11.0 Å². The molecule has 0 aliphatic heterocycles. The van der Waals surface area contributed by atoms with Crippen molar-refractivity contribution in [3.05, 3.63) is 29.6 Å². The van der Waals surface area contributed by atoms with E-state index >= 15 is 0 Å². The second-order valence-corrected chi connectivity index (χ2v) is 4.76. The van der Waals surface area contributed by atoms with Crippen molar-refractivity contribution in [3.8, 4) is 0 Å². The van der Waals surface area contributed by atoms with Crippen LogP contribution in [0, 0.1) is 6.92 Å². The summed E-state index contributed by atoms with van der Waals surface area (Å²) in [6, 6.07) is 6.27. The highest BCUT2D eigenvalue weighted by Gasteiger charge is 2.14. The van der Waals surface area contributed by atoms with E-state index in [9.17, 15) is 0 Å². The van der Waals surface area contributed by atoms with Crippen LogP contribution >= 0.6 is 0 Å². The molecule has 4 nitrogen and oxygen atoms in total. The molecule has 1 atom stereocenters. The number of benzene rings is 1. The van der Waals surface area contributed by atoms with Crippen LogP contribution in [0.25, 0.3) is 11.0 Å². The molecule has 0 aliphatic rings. The number of aryl methyl sites for hydroxylation is 2. The monoisotopic (exact) mass is 247 g/mol. The molecule has 0 fully saturated rings. The van der Waals surface area contributed by atoms with Crippen LogP contribution in [0.1, 0.15) is 30.3 Å². The maximum Gasteiger partial charge on any atom is 0.126 e. The third kappa shape index (κ3) is 2.54. The van der Waals surface area contributed by atoms with Gasteiger partial charge in [0.1, 0.15) is 5.82 Å². The summed E-state index contributed by atoms with van der Waals surface area (Å²) in [5.74, 6) is 0.951. The van der Waals surface area contributed by atoms with Crippen molar-refractivity contribution in [2.24, 2.45) is 12.8 Å². The van der Waals surface area contributed by atoms with Crippen LogP contribution in [-0.4, -0.2) is 23.3 Å². The minimum atomic E-state index is -0.0298. The predicted octanol–water partition coefficient (Wildman–Crippen LogP) is 2.31. The van der Waals surface area contributed by atoms with E-state index in [1.807, 2.05) is 7.05 Å². The maximum atomic E-state index is 6.20. The fourth-order valence-corrected chi connectivity index (χ4v) is 2.24. The first-order chi connectivity index (χ1) is 8.63. The molecular weight excluding hydrogens is 226 g/mol. The Morgan fingerprint density at radius 2 is 2.22 bits per heavy atom. The molecule has 1 unspecified atom stereocenters. The van der Waals surface area contributed by atoms with Crippen molar-refractivity contribution in [3.63, 3.8) is 0 Å². The van der Waals surface area contributed by atoms with E-state index in [0.717, 1.165) is 36.3 Å². The molecule has 98 valence electrons. The highest BCUT2D eigenvalue weighted by Crippen LogP contribution is 2.21. The fourth-order valence-electron chi connectivity index (χ4n) is 2.24. The molecule has 1 aromatic carbocycles. The van der Waals surface area contributed by atoms with Crippen molar-refractivity contribution in [1.29, 1.82) is 0 Å². The van der Waals surface area contributed by atoms with Gasteiger partial charge in [0.15, 0.2) is 0 Å². The van der Waals surface area contributed by atoms with Gasteiger partial charge in [-0.3, -0.25) is 0 Å². The Labute approximate surface area is 108 Å². The number of imidazole rings is 1. The topological polar surface area (TPSA) is 53.1 Å². The Bertz CT molecular complexity index is 533. The molecule has 0 saturated carbocycles. The molecule has 0 saturated heterocycles. The number of nitrogens with zero attached hydrogens (tertiary/aromatic N) is 2. The van der Waals surface area contributed by atoms with Crippen LogP contribution in [0.3, 0.4) is 0 Å². The summed E-state index contributed by atoms with van der Waals surface area (Å²) < 4.78 is 7.14. The minimum Gasteiger partial charge on any atom is -0.385 e. The lowest BCUT2D eigenvalue weighted by molar-refractivity contribution is 0.190. The van der Waals surface area contributed by atoms with Gasteiger partial charge in [0.05, 0.1) is 17.1 Å². The third-order valence-corrected chi connectivity index (χ3v) is 3.27. The van der Waals surface area contributed by atoms with Gasteiger partial charge in [-0.1, -0.05) is 6.07 Å². The van der Waals surface area contributed by atoms with E-state index in [0.29, 0.717) is 0 Å². The van der Waals surface area contributed by atoms with Crippen LogP contribution in [0.15, 0.2) is 18.2 Å². The van der Waals surface area contributed by atoms with Gasteiger partial charge in [0.2, 0.25) is 0 Å². The van der Waals surface area contributed by atoms with E-state index in [2.05, 4.69) is 34.7 Å². The number of rotatable bonds is 5. The Hall–Kier alpha value is -1.39. The van der Waals surface area contributed by atoms with Gasteiger partial charge in [0, 0.05) is 20.8 Å². The first-order valence-corrected chi connectivity index (χ1v) is 6.31. The van der Waals surface area contributed by atoms with E-state index in [1.54, 1.807) is 7.11 Å². The number of ether oxygens (including phenoxy) is 1. The van der Waals surface area contributed by atoms with Gasteiger partial charge < -0.3 is 15.0 Å². The number of aromatic nitrogens is 2. The molecule has 18 heavy (non-hydrogen) atoms. The largest absolute Gasteiger partial charge is 0.385 e. The zero-order valence-corrected chi connectivity index (χ0v) is 11.3. The van der Waals surface area contributed by atoms with Crippen molar-refractivity contribution in [2.45, 2.75) is 25.8 Å². The highest BCUT2D eigenvalue weighted by molar-refractivity contribution is 5.76. The summed E-state index contributed by atoms with van der Waals surface area (Å²) in [5, 5.41) is 0. The number of methoxy groups -OCH3 is 1. The fraction of sp³-hybridized carbons (Fsp3) is 0.500. The molecule has 2 rings (SSSR count). The predicted molar refractivity (Wildman–Crippen MR) is 73.5 cm³/mol. The van der Waals surface area contributed by atoms with Crippen LogP contribution in [0.2, 0.25) is 0 Å². The molecule has 1 aromatic heterocycles. The average molecular weight is 247 g/mol. The molecule has 0 aliphatic carbocycles. The molecule has 0 radical (unpaired) electrons. The average Bonchev–Trinajstić information content (AvgIpc) is 2.66. The normalized spacial score (nSPS) is 13.1. The molecule has 4 heteroatoms. The lowest BCUT2D eigenvalue weighted by atomic mass is 10.1. The van der Waals surface area contributed by atoms with Crippen molar-refractivity contribution < 1.29 is 4.74 Å². The van der Waals surface area contributed by atoms with Crippen molar-refractivity contribution in [1.82, 2.24) is 9.55 Å². The molecule has 1 heterocycles. The second-order valence-electron chi connectivity index (χ2n) is 4.76. The first kappa shape index (κ1) is 13.1. The summed E-state index contributed by atoms with van der Waals surface area (Å²) in [6.07, 6.45) is 1.85. The van der Waals surface area contributed by atoms with Gasteiger partial charge in [-0.05, 0) is 37.5 Å².